The van der Waals surface area contributed by atoms with Crippen LogP contribution < -0.4 is 10.9 Å². The molecule has 0 atom stereocenters. The monoisotopic (exact) mass is 397 g/mol. The van der Waals surface area contributed by atoms with Crippen molar-refractivity contribution in [3.63, 3.8) is 0 Å². The Morgan fingerprint density at radius 2 is 2.14 bits per heavy atom. The van der Waals surface area contributed by atoms with Crippen LogP contribution >= 0.6 is 11.8 Å². The Morgan fingerprint density at radius 3 is 2.93 bits per heavy atom. The van der Waals surface area contributed by atoms with Crippen LogP contribution in [0.4, 0.5) is 0 Å². The Morgan fingerprint density at radius 1 is 1.32 bits per heavy atom. The van der Waals surface area contributed by atoms with Gasteiger partial charge in [0.05, 0.1) is 17.6 Å². The molecule has 1 aliphatic rings. The Hall–Kier alpha value is -2.61. The van der Waals surface area contributed by atoms with Gasteiger partial charge in [-0.2, -0.15) is 5.10 Å². The highest BCUT2D eigenvalue weighted by Crippen LogP contribution is 2.20. The molecule has 146 valence electrons. The third kappa shape index (κ3) is 4.11. The third-order valence-electron chi connectivity index (χ3n) is 4.97. The van der Waals surface area contributed by atoms with E-state index in [0.717, 1.165) is 24.1 Å². The third-order valence-corrected chi connectivity index (χ3v) is 5.85. The fraction of sp³-hybridized carbons (Fsp3) is 0.400. The first-order valence-electron chi connectivity index (χ1n) is 9.57. The summed E-state index contributed by atoms with van der Waals surface area (Å²) in [6, 6.07) is 8.13. The quantitative estimate of drug-likeness (QED) is 0.510. The van der Waals surface area contributed by atoms with Gasteiger partial charge >= 0.3 is 0 Å². The summed E-state index contributed by atoms with van der Waals surface area (Å²) in [4.78, 5) is 31.9. The van der Waals surface area contributed by atoms with E-state index in [2.05, 4.69) is 20.4 Å². The van der Waals surface area contributed by atoms with E-state index in [1.807, 2.05) is 31.2 Å². The fourth-order valence-corrected chi connectivity index (χ4v) is 4.23. The number of fused-ring (bicyclic) bond motifs is 1. The minimum atomic E-state index is -0.251. The topological polar surface area (TPSA) is 92.7 Å². The minimum Gasteiger partial charge on any atom is -0.353 e. The van der Waals surface area contributed by atoms with Crippen molar-refractivity contribution in [2.45, 2.75) is 50.2 Å². The van der Waals surface area contributed by atoms with Gasteiger partial charge in [-0.15, -0.1) is 0 Å². The lowest BCUT2D eigenvalue weighted by Crippen LogP contribution is -2.37. The molecule has 0 spiro atoms. The molecule has 1 saturated carbocycles. The zero-order valence-corrected chi connectivity index (χ0v) is 16.6. The second-order valence-corrected chi connectivity index (χ2v) is 8.16. The number of benzene rings is 1. The number of carbonyl (C=O) groups is 1. The molecule has 7 nitrogen and oxygen atoms in total. The van der Waals surface area contributed by atoms with Gasteiger partial charge in [-0.05, 0) is 37.5 Å². The van der Waals surface area contributed by atoms with Crippen LogP contribution in [-0.4, -0.2) is 37.5 Å². The van der Waals surface area contributed by atoms with Crippen molar-refractivity contribution < 1.29 is 4.79 Å². The largest absolute Gasteiger partial charge is 0.353 e. The molecule has 3 aromatic rings. The summed E-state index contributed by atoms with van der Waals surface area (Å²) in [5.41, 5.74) is 2.18. The van der Waals surface area contributed by atoms with E-state index in [9.17, 15) is 9.59 Å². The van der Waals surface area contributed by atoms with E-state index in [0.29, 0.717) is 16.2 Å². The highest BCUT2D eigenvalue weighted by atomic mass is 32.2. The molecule has 0 saturated heterocycles. The van der Waals surface area contributed by atoms with E-state index in [1.54, 1.807) is 4.68 Å². The number of rotatable bonds is 5. The second kappa shape index (κ2) is 8.18. The average Bonchev–Trinajstić information content (AvgIpc) is 3.12. The molecular formula is C20H23N5O2S. The van der Waals surface area contributed by atoms with Crippen molar-refractivity contribution in [1.82, 2.24) is 25.1 Å². The Bertz CT molecular complexity index is 1050. The van der Waals surface area contributed by atoms with Crippen molar-refractivity contribution in [3.8, 4) is 5.69 Å². The van der Waals surface area contributed by atoms with Crippen molar-refractivity contribution in [2.75, 3.05) is 5.75 Å². The highest BCUT2D eigenvalue weighted by molar-refractivity contribution is 7.99. The molecule has 0 aliphatic heterocycles. The van der Waals surface area contributed by atoms with Crippen molar-refractivity contribution in [3.05, 3.63) is 46.4 Å². The smallest absolute Gasteiger partial charge is 0.262 e. The summed E-state index contributed by atoms with van der Waals surface area (Å²) in [5.74, 6) is 0.204. The number of nitrogens with one attached hydrogen (secondary N) is 2. The van der Waals surface area contributed by atoms with Crippen LogP contribution in [0.25, 0.3) is 16.7 Å². The summed E-state index contributed by atoms with van der Waals surface area (Å²) in [6.45, 7) is 2.00. The number of nitrogens with zero attached hydrogens (tertiary/aromatic N) is 3. The Balaban J connectivity index is 1.52. The van der Waals surface area contributed by atoms with Gasteiger partial charge in [0.25, 0.3) is 5.56 Å². The lowest BCUT2D eigenvalue weighted by atomic mass is 9.95. The molecule has 0 unspecified atom stereocenters. The number of hydrogen-bond acceptors (Lipinski definition) is 5. The number of H-pyrrole nitrogens is 1. The van der Waals surface area contributed by atoms with E-state index >= 15 is 0 Å². The summed E-state index contributed by atoms with van der Waals surface area (Å²) in [6.07, 6.45) is 7.22. The van der Waals surface area contributed by atoms with E-state index in [-0.39, 0.29) is 23.3 Å². The molecular weight excluding hydrogens is 374 g/mol. The fourth-order valence-electron chi connectivity index (χ4n) is 3.57. The van der Waals surface area contributed by atoms with Crippen LogP contribution in [0.15, 0.2) is 40.4 Å². The normalized spacial score (nSPS) is 15.0. The Labute approximate surface area is 166 Å². The zero-order valence-electron chi connectivity index (χ0n) is 15.8. The second-order valence-electron chi connectivity index (χ2n) is 7.19. The molecule has 1 aromatic carbocycles. The van der Waals surface area contributed by atoms with Gasteiger partial charge < -0.3 is 10.3 Å². The van der Waals surface area contributed by atoms with Crippen LogP contribution in [0, 0.1) is 6.92 Å². The van der Waals surface area contributed by atoms with Gasteiger partial charge in [-0.3, -0.25) is 9.59 Å². The summed E-state index contributed by atoms with van der Waals surface area (Å²) in [7, 11) is 0. The van der Waals surface area contributed by atoms with Crippen LogP contribution in [0.2, 0.25) is 0 Å². The van der Waals surface area contributed by atoms with Crippen LogP contribution in [-0.2, 0) is 4.79 Å². The highest BCUT2D eigenvalue weighted by Gasteiger charge is 2.17. The molecule has 28 heavy (non-hydrogen) atoms. The first kappa shape index (κ1) is 18.7. The molecule has 2 N–H and O–H groups in total. The maximum absolute atomic E-state index is 12.4. The lowest BCUT2D eigenvalue weighted by molar-refractivity contribution is -0.119. The van der Waals surface area contributed by atoms with Crippen molar-refractivity contribution in [2.24, 2.45) is 0 Å². The van der Waals surface area contributed by atoms with Gasteiger partial charge in [-0.25, -0.2) is 9.67 Å². The molecule has 0 radical (unpaired) electrons. The molecule has 1 amide bonds. The van der Waals surface area contributed by atoms with E-state index in [4.69, 9.17) is 0 Å². The minimum absolute atomic E-state index is 0.0214. The van der Waals surface area contributed by atoms with Crippen molar-refractivity contribution in [1.29, 1.82) is 0 Å². The predicted octanol–water partition coefficient (Wildman–Crippen LogP) is 2.96. The van der Waals surface area contributed by atoms with Gasteiger partial charge in [0.1, 0.15) is 5.39 Å². The maximum Gasteiger partial charge on any atom is 0.262 e. The van der Waals surface area contributed by atoms with E-state index < -0.39 is 0 Å². The average molecular weight is 398 g/mol. The SMILES string of the molecule is Cc1cccc(-n2ncc3c(=O)[nH]c(SCC(=O)NC4CCCCC4)nc32)c1. The predicted molar refractivity (Wildman–Crippen MR) is 110 cm³/mol. The number of amides is 1. The molecule has 8 heteroatoms. The van der Waals surface area contributed by atoms with Crippen LogP contribution in [0.1, 0.15) is 37.7 Å². The van der Waals surface area contributed by atoms with Crippen LogP contribution in [0.5, 0.6) is 0 Å². The first-order valence-corrected chi connectivity index (χ1v) is 10.6. The number of aromatic amines is 1. The lowest BCUT2D eigenvalue weighted by Gasteiger charge is -2.22. The molecule has 1 aliphatic carbocycles. The van der Waals surface area contributed by atoms with Gasteiger partial charge in [0, 0.05) is 6.04 Å². The van der Waals surface area contributed by atoms with Gasteiger partial charge in [0.15, 0.2) is 10.8 Å². The molecule has 4 rings (SSSR count). The standard InChI is InChI=1S/C20H23N5O2S/c1-13-6-5-9-15(10-13)25-18-16(11-21-25)19(27)24-20(23-18)28-12-17(26)22-14-7-3-2-4-8-14/h5-6,9-11,14H,2-4,7-8,12H2,1H3,(H,22,26)(H,23,24,27). The number of carbonyl (C=O) groups excluding carboxylic acids is 1. The maximum atomic E-state index is 12.4. The number of hydrogen-bond donors (Lipinski definition) is 2. The Kier molecular flexibility index (Phi) is 5.47. The number of aryl methyl sites for hydroxylation is 1. The number of aromatic nitrogens is 4. The molecule has 2 heterocycles. The zero-order chi connectivity index (χ0) is 19.5. The van der Waals surface area contributed by atoms with Gasteiger partial charge in [-0.1, -0.05) is 43.2 Å². The molecule has 1 fully saturated rings. The summed E-state index contributed by atoms with van der Waals surface area (Å²) < 4.78 is 1.66. The number of thioether (sulfide) groups is 1. The van der Waals surface area contributed by atoms with Crippen LogP contribution in [0.3, 0.4) is 0 Å². The molecule has 2 aromatic heterocycles. The van der Waals surface area contributed by atoms with Gasteiger partial charge in [0.2, 0.25) is 5.91 Å². The molecule has 0 bridgehead atoms. The first-order chi connectivity index (χ1) is 13.6. The van der Waals surface area contributed by atoms with E-state index in [1.165, 1.54) is 37.2 Å². The summed E-state index contributed by atoms with van der Waals surface area (Å²) >= 11 is 1.24. The summed E-state index contributed by atoms with van der Waals surface area (Å²) in [5, 5.41) is 8.26. The van der Waals surface area contributed by atoms with Crippen molar-refractivity contribution >= 4 is 28.7 Å².